The van der Waals surface area contributed by atoms with Gasteiger partial charge in [-0.15, -0.1) is 48.3 Å². The summed E-state index contributed by atoms with van der Waals surface area (Å²) in [5.41, 5.74) is 0. The molecule has 3 aromatic rings. The minimum Gasteiger partial charge on any atom is -0.214 e. The van der Waals surface area contributed by atoms with Crippen LogP contribution in [0, 0.1) is 0 Å². The van der Waals surface area contributed by atoms with E-state index in [4.69, 9.17) is 17.0 Å². The summed E-state index contributed by atoms with van der Waals surface area (Å²) in [7, 11) is 9.93. The van der Waals surface area contributed by atoms with Crippen LogP contribution in [-0.2, 0) is 20.8 Å². The average molecular weight is 402 g/mol. The third kappa shape index (κ3) is 6.68. The largest absolute Gasteiger partial charge is 0.214 e. The monoisotopic (exact) mass is 400 g/mol. The van der Waals surface area contributed by atoms with Crippen molar-refractivity contribution in [2.24, 2.45) is 0 Å². The molecule has 3 aromatic carbocycles. The Morgan fingerprint density at radius 3 is 2.05 bits per heavy atom. The molecule has 0 bridgehead atoms. The molecule has 0 aromatic heterocycles. The fourth-order valence-electron chi connectivity index (χ4n) is 1.71. The van der Waals surface area contributed by atoms with Crippen molar-refractivity contribution in [1.82, 2.24) is 0 Å². The number of fused-ring (bicyclic) bond motifs is 1. The second-order valence-corrected chi connectivity index (χ2v) is 10.3. The Bertz CT molecular complexity index is 523. The van der Waals surface area contributed by atoms with Crippen molar-refractivity contribution >= 4 is 41.0 Å². The summed E-state index contributed by atoms with van der Waals surface area (Å²) in [4.78, 5) is 0. The van der Waals surface area contributed by atoms with E-state index in [1.807, 2.05) is 30.3 Å². The van der Waals surface area contributed by atoms with E-state index in [0.29, 0.717) is 0 Å². The standard InChI is InChI=1S/C11H12P.C5H5.2ClH.Zr/c1-12(2)11-7-9-5-3-4-6-10(9)8-11;1-2-4-5-3-1;;;/h3-8H,1-2H3;1-5H;2*1H;/q2*-1;;;+4/p-2. The van der Waals surface area contributed by atoms with Gasteiger partial charge in [0.2, 0.25) is 0 Å². The van der Waals surface area contributed by atoms with Crippen LogP contribution < -0.4 is 5.30 Å². The molecular formula is C16H17Cl2PZr. The molecule has 0 unspecified atom stereocenters. The van der Waals surface area contributed by atoms with Crippen molar-refractivity contribution in [2.75, 3.05) is 13.3 Å². The van der Waals surface area contributed by atoms with Crippen LogP contribution in [-0.4, -0.2) is 13.3 Å². The molecule has 0 saturated heterocycles. The van der Waals surface area contributed by atoms with Gasteiger partial charge in [-0.2, -0.15) is 24.3 Å². The zero-order valence-electron chi connectivity index (χ0n) is 11.6. The van der Waals surface area contributed by atoms with Gasteiger partial charge in [-0.05, 0) is 13.3 Å². The summed E-state index contributed by atoms with van der Waals surface area (Å²) < 4.78 is 0. The summed E-state index contributed by atoms with van der Waals surface area (Å²) in [5.74, 6) is 0. The molecule has 0 aliphatic heterocycles. The second-order valence-electron chi connectivity index (χ2n) is 4.27. The third-order valence-corrected chi connectivity index (χ3v) is 3.97. The Morgan fingerprint density at radius 1 is 1.00 bits per heavy atom. The summed E-state index contributed by atoms with van der Waals surface area (Å²) in [6.07, 6.45) is 0. The number of hydrogen-bond donors (Lipinski definition) is 0. The Balaban J connectivity index is 0.000000208. The van der Waals surface area contributed by atoms with Gasteiger partial charge in [-0.3, -0.25) is 0 Å². The molecule has 4 heteroatoms. The second kappa shape index (κ2) is 10.8. The maximum Gasteiger partial charge on any atom is -0.172 e. The smallest absolute Gasteiger partial charge is 0.172 e. The van der Waals surface area contributed by atoms with E-state index in [1.165, 1.54) is 16.1 Å². The summed E-state index contributed by atoms with van der Waals surface area (Å²) >= 11 is -0.826. The fourth-order valence-corrected chi connectivity index (χ4v) is 2.51. The summed E-state index contributed by atoms with van der Waals surface area (Å²) in [5, 5.41) is 4.26. The van der Waals surface area contributed by atoms with Crippen LogP contribution in [0.25, 0.3) is 10.8 Å². The van der Waals surface area contributed by atoms with Crippen LogP contribution in [0.5, 0.6) is 0 Å². The predicted molar refractivity (Wildman–Crippen MR) is 91.7 cm³/mol. The Hall–Kier alpha value is 0.0731. The number of hydrogen-bond acceptors (Lipinski definition) is 0. The first-order valence-electron chi connectivity index (χ1n) is 6.14. The third-order valence-electron chi connectivity index (χ3n) is 2.67. The predicted octanol–water partition coefficient (Wildman–Crippen LogP) is 5.71. The maximum absolute atomic E-state index is 4.93. The molecule has 20 heavy (non-hydrogen) atoms. The van der Waals surface area contributed by atoms with Gasteiger partial charge in [0, 0.05) is 0 Å². The van der Waals surface area contributed by atoms with Gasteiger partial charge in [-0.1, -0.05) is 6.07 Å². The number of halogens is 2. The van der Waals surface area contributed by atoms with Crippen LogP contribution in [0.4, 0.5) is 0 Å². The van der Waals surface area contributed by atoms with E-state index in [2.05, 4.69) is 49.7 Å². The molecule has 0 spiro atoms. The van der Waals surface area contributed by atoms with Crippen LogP contribution >= 0.6 is 24.9 Å². The van der Waals surface area contributed by atoms with E-state index in [9.17, 15) is 0 Å². The van der Waals surface area contributed by atoms with Crippen molar-refractivity contribution in [3.8, 4) is 0 Å². The van der Waals surface area contributed by atoms with Crippen molar-refractivity contribution in [2.45, 2.75) is 0 Å². The topological polar surface area (TPSA) is 0 Å². The molecule has 0 aliphatic rings. The molecule has 104 valence electrons. The van der Waals surface area contributed by atoms with Gasteiger partial charge in [0.15, 0.2) is 0 Å². The SMILES string of the molecule is CP(C)c1cc2ccccc2[cH-]1.[Cl][Zr+2][Cl].c1cc[cH-]c1. The summed E-state index contributed by atoms with van der Waals surface area (Å²) in [6.45, 7) is 4.59. The molecule has 3 rings (SSSR count). The van der Waals surface area contributed by atoms with Crippen molar-refractivity contribution < 1.29 is 20.8 Å². The van der Waals surface area contributed by atoms with Crippen LogP contribution in [0.1, 0.15) is 0 Å². The van der Waals surface area contributed by atoms with E-state index >= 15 is 0 Å². The van der Waals surface area contributed by atoms with Crippen LogP contribution in [0.3, 0.4) is 0 Å². The molecular weight excluding hydrogens is 385 g/mol. The fraction of sp³-hybridized carbons (Fsp3) is 0.125. The normalized spacial score (nSPS) is 9.25. The first kappa shape index (κ1) is 18.1. The quantitative estimate of drug-likeness (QED) is 0.361. The molecule has 0 amide bonds. The zero-order valence-corrected chi connectivity index (χ0v) is 16.4. The molecule has 0 aliphatic carbocycles. The van der Waals surface area contributed by atoms with Crippen LogP contribution in [0.15, 0.2) is 66.7 Å². The average Bonchev–Trinajstić information content (AvgIpc) is 3.12. The molecule has 0 fully saturated rings. The van der Waals surface area contributed by atoms with Gasteiger partial charge in [-0.25, -0.2) is 12.1 Å². The van der Waals surface area contributed by atoms with E-state index in [-0.39, 0.29) is 7.92 Å². The van der Waals surface area contributed by atoms with Gasteiger partial charge in [0.1, 0.15) is 0 Å². The van der Waals surface area contributed by atoms with Gasteiger partial charge < -0.3 is 0 Å². The van der Waals surface area contributed by atoms with Crippen LogP contribution in [0.2, 0.25) is 0 Å². The van der Waals surface area contributed by atoms with Crippen molar-refractivity contribution in [3.63, 3.8) is 0 Å². The molecule has 0 radical (unpaired) electrons. The summed E-state index contributed by atoms with van der Waals surface area (Å²) in [6, 6.07) is 23.2. The first-order valence-corrected chi connectivity index (χ1v) is 14.7. The Kier molecular flexibility index (Phi) is 9.74. The maximum atomic E-state index is 4.93. The Morgan fingerprint density at radius 2 is 1.60 bits per heavy atom. The number of benzene rings is 1. The minimum absolute atomic E-state index is 0.0576. The molecule has 0 N–H and O–H groups in total. The number of rotatable bonds is 1. The molecule has 0 nitrogen and oxygen atoms in total. The van der Waals surface area contributed by atoms with E-state index in [0.717, 1.165) is 0 Å². The molecule has 0 atom stereocenters. The van der Waals surface area contributed by atoms with Crippen molar-refractivity contribution in [3.05, 3.63) is 66.7 Å². The molecule has 0 heterocycles. The minimum atomic E-state index is -0.826. The van der Waals surface area contributed by atoms with Gasteiger partial charge in [0.05, 0.1) is 0 Å². The Labute approximate surface area is 141 Å². The van der Waals surface area contributed by atoms with Gasteiger partial charge in [0.25, 0.3) is 0 Å². The van der Waals surface area contributed by atoms with Gasteiger partial charge >= 0.3 is 37.9 Å². The van der Waals surface area contributed by atoms with Crippen molar-refractivity contribution in [1.29, 1.82) is 0 Å². The molecule has 0 saturated carbocycles. The van der Waals surface area contributed by atoms with E-state index in [1.54, 1.807) is 0 Å². The van der Waals surface area contributed by atoms with E-state index < -0.39 is 20.8 Å². The first-order chi connectivity index (χ1) is 9.69. The zero-order chi connectivity index (χ0) is 14.8.